The van der Waals surface area contributed by atoms with Crippen molar-refractivity contribution in [2.45, 2.75) is 130 Å². The first-order valence-electron chi connectivity index (χ1n) is 12.8. The van der Waals surface area contributed by atoms with Crippen LogP contribution in [0.3, 0.4) is 0 Å². The van der Waals surface area contributed by atoms with Gasteiger partial charge < -0.3 is 9.84 Å². The standard InChI is InChI=1S/C23H40O.C6H10O/c1-20(2)12-10-16-23(5)18-11-17-22(4)14-7-6-13-21(3)15-8-9-19-24;1-2-5(1)7-6-3-4-6/h12-14,18,24H,6-11,15-17,19H2,1-5H3;5-6H,1-4H2/b21-13+,22-14+,23-18+;. The largest absolute Gasteiger partial charge is 0.396 e. The van der Waals surface area contributed by atoms with Crippen molar-refractivity contribution >= 4 is 0 Å². The highest BCUT2D eigenvalue weighted by atomic mass is 16.5. The first kappa shape index (κ1) is 27.9. The highest BCUT2D eigenvalue weighted by Crippen LogP contribution is 2.33. The second kappa shape index (κ2) is 17.4. The molecule has 0 heterocycles. The molecule has 2 fully saturated rings. The summed E-state index contributed by atoms with van der Waals surface area (Å²) in [5.74, 6) is 0. The molecule has 2 heteroatoms. The molecule has 0 radical (unpaired) electrons. The predicted octanol–water partition coefficient (Wildman–Crippen LogP) is 8.62. The number of aliphatic hydroxyl groups is 1. The topological polar surface area (TPSA) is 29.5 Å². The number of rotatable bonds is 15. The molecule has 0 atom stereocenters. The van der Waals surface area contributed by atoms with Gasteiger partial charge in [0.2, 0.25) is 0 Å². The summed E-state index contributed by atoms with van der Waals surface area (Å²) < 4.78 is 5.47. The SMILES string of the molecule is C1CC1OC1CC1.CC(C)=CCC/C(C)=C/CC/C(C)=C/CC/C=C(\C)CCCCO. The van der Waals surface area contributed by atoms with Gasteiger partial charge in [0.1, 0.15) is 0 Å². The zero-order valence-corrected chi connectivity index (χ0v) is 21.2. The molecule has 0 amide bonds. The summed E-state index contributed by atoms with van der Waals surface area (Å²) in [6.07, 6.45) is 26.3. The minimum atomic E-state index is 0.318. The summed E-state index contributed by atoms with van der Waals surface area (Å²) in [7, 11) is 0. The summed E-state index contributed by atoms with van der Waals surface area (Å²) in [5.41, 5.74) is 5.90. The van der Waals surface area contributed by atoms with Crippen LogP contribution in [0.25, 0.3) is 0 Å². The van der Waals surface area contributed by atoms with Crippen molar-refractivity contribution in [3.63, 3.8) is 0 Å². The van der Waals surface area contributed by atoms with E-state index in [9.17, 15) is 0 Å². The lowest BCUT2D eigenvalue weighted by molar-refractivity contribution is 0.105. The van der Waals surface area contributed by atoms with E-state index < -0.39 is 0 Å². The van der Waals surface area contributed by atoms with Crippen LogP contribution in [0, 0.1) is 0 Å². The predicted molar refractivity (Wildman–Crippen MR) is 136 cm³/mol. The molecule has 2 aliphatic rings. The van der Waals surface area contributed by atoms with Gasteiger partial charge in [0.15, 0.2) is 0 Å². The van der Waals surface area contributed by atoms with E-state index in [4.69, 9.17) is 9.84 Å². The van der Waals surface area contributed by atoms with Gasteiger partial charge in [-0.05, 0) is 118 Å². The van der Waals surface area contributed by atoms with Gasteiger partial charge in [0, 0.05) is 6.61 Å². The third kappa shape index (κ3) is 19.3. The smallest absolute Gasteiger partial charge is 0.0580 e. The Hall–Kier alpha value is -1.12. The molecule has 0 aliphatic heterocycles. The molecule has 2 aliphatic carbocycles. The minimum Gasteiger partial charge on any atom is -0.396 e. The molecule has 0 saturated heterocycles. The molecule has 2 nitrogen and oxygen atoms in total. The number of aliphatic hydroxyl groups excluding tert-OH is 1. The molecule has 0 aromatic heterocycles. The van der Waals surface area contributed by atoms with Crippen LogP contribution < -0.4 is 0 Å². The van der Waals surface area contributed by atoms with Crippen molar-refractivity contribution < 1.29 is 9.84 Å². The van der Waals surface area contributed by atoms with E-state index in [1.165, 1.54) is 73.7 Å². The fraction of sp³-hybridized carbons (Fsp3) is 0.724. The maximum atomic E-state index is 8.79. The fourth-order valence-electron chi connectivity index (χ4n) is 3.30. The Bertz CT molecular complexity index is 572. The lowest BCUT2D eigenvalue weighted by atomic mass is 10.0. The van der Waals surface area contributed by atoms with E-state index in [0.29, 0.717) is 18.8 Å². The lowest BCUT2D eigenvalue weighted by Crippen LogP contribution is -1.93. The average molecular weight is 431 g/mol. The Morgan fingerprint density at radius 3 is 1.55 bits per heavy atom. The van der Waals surface area contributed by atoms with E-state index >= 15 is 0 Å². The molecule has 0 bridgehead atoms. The highest BCUT2D eigenvalue weighted by molar-refractivity contribution is 5.06. The molecule has 0 unspecified atom stereocenters. The molecule has 0 aromatic carbocycles. The maximum Gasteiger partial charge on any atom is 0.0580 e. The second-order valence-corrected chi connectivity index (χ2v) is 9.80. The zero-order chi connectivity index (χ0) is 22.9. The molecule has 1 N–H and O–H groups in total. The van der Waals surface area contributed by atoms with E-state index in [1.807, 2.05) is 0 Å². The van der Waals surface area contributed by atoms with Crippen LogP contribution in [-0.4, -0.2) is 23.9 Å². The van der Waals surface area contributed by atoms with E-state index in [2.05, 4.69) is 58.9 Å². The van der Waals surface area contributed by atoms with Crippen LogP contribution in [0.2, 0.25) is 0 Å². The van der Waals surface area contributed by atoms with Gasteiger partial charge in [-0.3, -0.25) is 0 Å². The van der Waals surface area contributed by atoms with E-state index in [-0.39, 0.29) is 0 Å². The van der Waals surface area contributed by atoms with Gasteiger partial charge in [-0.1, -0.05) is 46.6 Å². The van der Waals surface area contributed by atoms with Gasteiger partial charge in [-0.25, -0.2) is 0 Å². The zero-order valence-electron chi connectivity index (χ0n) is 21.2. The summed E-state index contributed by atoms with van der Waals surface area (Å²) in [6.45, 7) is 11.4. The maximum absolute atomic E-state index is 8.79. The van der Waals surface area contributed by atoms with Crippen LogP contribution in [0.5, 0.6) is 0 Å². The second-order valence-electron chi connectivity index (χ2n) is 9.80. The average Bonchev–Trinajstić information content (AvgIpc) is 3.64. The summed E-state index contributed by atoms with van der Waals surface area (Å²) in [6, 6.07) is 0. The van der Waals surface area contributed by atoms with Crippen molar-refractivity contribution in [1.29, 1.82) is 0 Å². The van der Waals surface area contributed by atoms with Gasteiger partial charge in [-0.15, -0.1) is 0 Å². The van der Waals surface area contributed by atoms with Crippen LogP contribution in [0.1, 0.15) is 118 Å². The van der Waals surface area contributed by atoms with Gasteiger partial charge >= 0.3 is 0 Å². The molecule has 2 saturated carbocycles. The fourth-order valence-corrected chi connectivity index (χ4v) is 3.30. The summed E-state index contributed by atoms with van der Waals surface area (Å²) in [4.78, 5) is 0. The molecule has 31 heavy (non-hydrogen) atoms. The quantitative estimate of drug-likeness (QED) is 0.208. The number of hydrogen-bond acceptors (Lipinski definition) is 2. The van der Waals surface area contributed by atoms with Crippen molar-refractivity contribution in [3.05, 3.63) is 46.6 Å². The summed E-state index contributed by atoms with van der Waals surface area (Å²) in [5, 5.41) is 8.79. The Morgan fingerprint density at radius 2 is 1.10 bits per heavy atom. The Labute approximate surface area is 193 Å². The first-order valence-corrected chi connectivity index (χ1v) is 12.8. The third-order valence-electron chi connectivity index (χ3n) is 5.69. The van der Waals surface area contributed by atoms with Gasteiger partial charge in [-0.2, -0.15) is 0 Å². The molecule has 2 rings (SSSR count). The minimum absolute atomic E-state index is 0.318. The Balaban J connectivity index is 0.000000561. The van der Waals surface area contributed by atoms with Gasteiger partial charge in [0.25, 0.3) is 0 Å². The first-order chi connectivity index (χ1) is 14.9. The van der Waals surface area contributed by atoms with E-state index in [0.717, 1.165) is 32.1 Å². The van der Waals surface area contributed by atoms with Crippen molar-refractivity contribution in [1.82, 2.24) is 0 Å². The highest BCUT2D eigenvalue weighted by Gasteiger charge is 2.31. The third-order valence-corrected chi connectivity index (χ3v) is 5.69. The van der Waals surface area contributed by atoms with Crippen molar-refractivity contribution in [2.75, 3.05) is 6.61 Å². The molecule has 0 spiro atoms. The van der Waals surface area contributed by atoms with Crippen molar-refractivity contribution in [3.8, 4) is 0 Å². The molecular formula is C29H50O2. The van der Waals surface area contributed by atoms with Crippen LogP contribution in [0.4, 0.5) is 0 Å². The Morgan fingerprint density at radius 1 is 0.645 bits per heavy atom. The molecule has 178 valence electrons. The van der Waals surface area contributed by atoms with Crippen LogP contribution >= 0.6 is 0 Å². The van der Waals surface area contributed by atoms with Gasteiger partial charge in [0.05, 0.1) is 12.2 Å². The number of allylic oxidation sites excluding steroid dienone is 8. The van der Waals surface area contributed by atoms with Crippen LogP contribution in [-0.2, 0) is 4.74 Å². The number of ether oxygens (including phenoxy) is 1. The Kier molecular flexibility index (Phi) is 15.7. The number of hydrogen-bond donors (Lipinski definition) is 1. The summed E-state index contributed by atoms with van der Waals surface area (Å²) >= 11 is 0. The lowest BCUT2D eigenvalue weighted by Gasteiger charge is -2.02. The van der Waals surface area contributed by atoms with Crippen LogP contribution in [0.15, 0.2) is 46.6 Å². The molecule has 0 aromatic rings. The van der Waals surface area contributed by atoms with E-state index in [1.54, 1.807) is 0 Å². The van der Waals surface area contributed by atoms with Crippen molar-refractivity contribution in [2.24, 2.45) is 0 Å². The monoisotopic (exact) mass is 430 g/mol. The molecular weight excluding hydrogens is 380 g/mol. The number of unbranched alkanes of at least 4 members (excludes halogenated alkanes) is 2. The normalized spacial score (nSPS) is 17.3.